The Balaban J connectivity index is 0.00000336. The van der Waals surface area contributed by atoms with Crippen molar-refractivity contribution in [1.29, 1.82) is 0 Å². The molecule has 1 atom stereocenters. The molecule has 1 unspecified atom stereocenters. The van der Waals surface area contributed by atoms with Crippen LogP contribution < -0.4 is 44.9 Å². The number of phosphoric ester groups is 1. The fourth-order valence-corrected chi connectivity index (χ4v) is 4.71. The number of anilines is 1. The van der Waals surface area contributed by atoms with Crippen LogP contribution in [0.4, 0.5) is 10.1 Å². The molecule has 0 amide bonds. The summed E-state index contributed by atoms with van der Waals surface area (Å²) in [6.07, 6.45) is 4.89. The van der Waals surface area contributed by atoms with Crippen LogP contribution in [0.5, 0.6) is 0 Å². The van der Waals surface area contributed by atoms with Crippen molar-refractivity contribution < 1.29 is 57.6 Å². The molecule has 38 heavy (non-hydrogen) atoms. The predicted molar refractivity (Wildman–Crippen MR) is 134 cm³/mol. The third kappa shape index (κ3) is 6.27. The number of morpholine rings is 1. The van der Waals surface area contributed by atoms with Crippen molar-refractivity contribution in [2.75, 3.05) is 31.2 Å². The number of hydrogen-bond acceptors (Lipinski definition) is 7. The number of phosphoric acid groups is 1. The molecule has 0 spiro atoms. The quantitative estimate of drug-likeness (QED) is 0.245. The summed E-state index contributed by atoms with van der Waals surface area (Å²) in [5.74, 6) is -0.345. The zero-order valence-corrected chi connectivity index (χ0v) is 23.9. The molecule has 0 radical (unpaired) electrons. The first-order valence-corrected chi connectivity index (χ1v) is 13.1. The third-order valence-electron chi connectivity index (χ3n) is 6.36. The Bertz CT molecular complexity index is 1560. The van der Waals surface area contributed by atoms with Crippen LogP contribution in [0, 0.1) is 12.7 Å². The van der Waals surface area contributed by atoms with Gasteiger partial charge in [0.15, 0.2) is 0 Å². The molecule has 4 heterocycles. The van der Waals surface area contributed by atoms with E-state index in [0.717, 1.165) is 5.69 Å². The molecule has 13 heteroatoms. The van der Waals surface area contributed by atoms with E-state index in [1.54, 1.807) is 49.8 Å². The fraction of sp³-hybridized carbons (Fsp3) is 0.280. The molecular weight excluding hydrogens is 525 g/mol. The van der Waals surface area contributed by atoms with Gasteiger partial charge in [0.1, 0.15) is 18.2 Å². The minimum absolute atomic E-state index is 0. The maximum Gasteiger partial charge on any atom is 1.00 e. The van der Waals surface area contributed by atoms with Crippen molar-refractivity contribution in [3.05, 3.63) is 82.3 Å². The third-order valence-corrected chi connectivity index (χ3v) is 6.80. The van der Waals surface area contributed by atoms with Gasteiger partial charge in [-0.1, -0.05) is 18.2 Å². The van der Waals surface area contributed by atoms with Crippen LogP contribution in [0.15, 0.2) is 59.8 Å². The Kier molecular flexibility index (Phi) is 8.91. The molecule has 0 aliphatic carbocycles. The summed E-state index contributed by atoms with van der Waals surface area (Å²) >= 11 is 0. The Morgan fingerprint density at radius 1 is 1.21 bits per heavy atom. The number of hydrogen-bond donors (Lipinski definition) is 1. The van der Waals surface area contributed by atoms with Gasteiger partial charge in [-0.25, -0.2) is 9.37 Å². The standard InChI is InChI=1S/C25H26FN4O6P.Na/c1-17-3-2-4-19(24(17)26)14-29-6-5-18(11-23(29)31)22-15-30(16-36-37(32,33)34)25-21(22)12-20(13-27-25)28-7-9-35-10-8-28;/h2-6,11-13,15H,7-10,14,16H2,1H3,(H2,32,33,34);/q;+1/p-1. The van der Waals surface area contributed by atoms with E-state index in [1.165, 1.54) is 15.2 Å². The summed E-state index contributed by atoms with van der Waals surface area (Å²) in [7, 11) is -4.96. The van der Waals surface area contributed by atoms with Gasteiger partial charge >= 0.3 is 29.6 Å². The van der Waals surface area contributed by atoms with Crippen LogP contribution in [0.1, 0.15) is 11.1 Å². The van der Waals surface area contributed by atoms with Gasteiger partial charge in [-0.2, -0.15) is 0 Å². The van der Waals surface area contributed by atoms with Crippen LogP contribution in [0.3, 0.4) is 0 Å². The molecular formula is C25H25FN4NaO6P. The Hall–Kier alpha value is -2.34. The van der Waals surface area contributed by atoms with Gasteiger partial charge in [0.2, 0.25) is 0 Å². The van der Waals surface area contributed by atoms with Gasteiger partial charge in [-0.05, 0) is 30.2 Å². The summed E-state index contributed by atoms with van der Waals surface area (Å²) in [5.41, 5.74) is 3.07. The number of aromatic nitrogens is 3. The Morgan fingerprint density at radius 3 is 2.68 bits per heavy atom. The van der Waals surface area contributed by atoms with E-state index in [2.05, 4.69) is 14.4 Å². The van der Waals surface area contributed by atoms with E-state index in [4.69, 9.17) is 9.63 Å². The van der Waals surface area contributed by atoms with E-state index in [9.17, 15) is 18.6 Å². The largest absolute Gasteiger partial charge is 1.00 e. The van der Waals surface area contributed by atoms with Crippen molar-refractivity contribution >= 4 is 24.5 Å². The molecule has 0 bridgehead atoms. The van der Waals surface area contributed by atoms with Crippen LogP contribution >= 0.6 is 7.82 Å². The van der Waals surface area contributed by atoms with Gasteiger partial charge in [0.25, 0.3) is 13.4 Å². The molecule has 1 saturated heterocycles. The SMILES string of the molecule is Cc1cccc(Cn2ccc(-c3cn(COP(=O)([O-])O)c4ncc(N5CCOCC5)cc34)cc2=O)c1F.[Na+]. The van der Waals surface area contributed by atoms with Crippen LogP contribution in [0.2, 0.25) is 0 Å². The summed E-state index contributed by atoms with van der Waals surface area (Å²) in [6, 6.07) is 10.2. The monoisotopic (exact) mass is 550 g/mol. The number of benzene rings is 1. The minimum Gasteiger partial charge on any atom is -0.756 e. The zero-order chi connectivity index (χ0) is 26.2. The minimum atomic E-state index is -4.96. The summed E-state index contributed by atoms with van der Waals surface area (Å²) in [6.45, 7) is 3.85. The number of ether oxygens (including phenoxy) is 1. The smallest absolute Gasteiger partial charge is 0.756 e. The van der Waals surface area contributed by atoms with Crippen molar-refractivity contribution in [3.63, 3.8) is 0 Å². The Labute approximate surface area is 240 Å². The van der Waals surface area contributed by atoms with E-state index in [-0.39, 0.29) is 47.5 Å². The number of nitrogens with zero attached hydrogens (tertiary/aromatic N) is 4. The fourth-order valence-electron chi connectivity index (χ4n) is 4.44. The van der Waals surface area contributed by atoms with Crippen molar-refractivity contribution in [2.24, 2.45) is 0 Å². The van der Waals surface area contributed by atoms with Gasteiger partial charge in [0, 0.05) is 48.1 Å². The summed E-state index contributed by atoms with van der Waals surface area (Å²) < 4.78 is 38.6. The first-order chi connectivity index (χ1) is 17.7. The number of aryl methyl sites for hydroxylation is 1. The topological polar surface area (TPSA) is 122 Å². The number of pyridine rings is 2. The molecule has 0 saturated carbocycles. The molecule has 1 aromatic carbocycles. The van der Waals surface area contributed by atoms with E-state index >= 15 is 0 Å². The maximum absolute atomic E-state index is 14.5. The molecule has 1 N–H and O–H groups in total. The predicted octanol–water partition coefficient (Wildman–Crippen LogP) is -0.364. The van der Waals surface area contributed by atoms with Gasteiger partial charge in [-0.3, -0.25) is 13.9 Å². The second kappa shape index (κ2) is 11.8. The molecule has 5 rings (SSSR count). The molecule has 1 aliphatic heterocycles. The molecule has 4 aromatic rings. The first-order valence-electron chi connectivity index (χ1n) is 11.6. The van der Waals surface area contributed by atoms with Crippen LogP contribution in [-0.2, 0) is 27.1 Å². The van der Waals surface area contributed by atoms with Gasteiger partial charge in [-0.15, -0.1) is 0 Å². The second-order valence-electron chi connectivity index (χ2n) is 8.83. The normalized spacial score (nSPS) is 15.3. The molecule has 1 aliphatic rings. The number of fused-ring (bicyclic) bond motifs is 1. The van der Waals surface area contributed by atoms with Gasteiger partial charge in [0.05, 0.1) is 31.6 Å². The molecule has 1 fully saturated rings. The van der Waals surface area contributed by atoms with Crippen molar-refractivity contribution in [1.82, 2.24) is 14.1 Å². The van der Waals surface area contributed by atoms with Crippen LogP contribution in [0.25, 0.3) is 22.2 Å². The number of rotatable bonds is 7. The zero-order valence-electron chi connectivity index (χ0n) is 21.0. The molecule has 194 valence electrons. The maximum atomic E-state index is 14.5. The van der Waals surface area contributed by atoms with Crippen molar-refractivity contribution in [2.45, 2.75) is 20.2 Å². The van der Waals surface area contributed by atoms with Crippen molar-refractivity contribution in [3.8, 4) is 11.1 Å². The first kappa shape index (κ1) is 28.7. The van der Waals surface area contributed by atoms with E-state index in [0.29, 0.717) is 59.6 Å². The molecule has 10 nitrogen and oxygen atoms in total. The number of halogens is 1. The van der Waals surface area contributed by atoms with Gasteiger partial charge < -0.3 is 28.6 Å². The summed E-state index contributed by atoms with van der Waals surface area (Å²) in [5, 5.41) is 0.674. The summed E-state index contributed by atoms with van der Waals surface area (Å²) in [4.78, 5) is 39.9. The average molecular weight is 550 g/mol. The molecule has 3 aromatic heterocycles. The van der Waals surface area contributed by atoms with E-state index in [1.807, 2.05) is 6.07 Å². The average Bonchev–Trinajstić information content (AvgIpc) is 3.25. The van der Waals surface area contributed by atoms with E-state index < -0.39 is 14.6 Å². The Morgan fingerprint density at radius 2 is 1.97 bits per heavy atom. The van der Waals surface area contributed by atoms with Crippen LogP contribution in [-0.4, -0.2) is 45.3 Å². The second-order valence-corrected chi connectivity index (χ2v) is 10.0.